The number of rotatable bonds is 4. The van der Waals surface area contributed by atoms with Crippen LogP contribution in [0.3, 0.4) is 0 Å². The molecule has 186 valence electrons. The zero-order chi connectivity index (χ0) is 26.0. The van der Waals surface area contributed by atoms with E-state index in [-0.39, 0.29) is 16.3 Å². The average molecular weight is 513 g/mol. The van der Waals surface area contributed by atoms with Crippen molar-refractivity contribution in [2.24, 2.45) is 11.8 Å². The fourth-order valence-electron chi connectivity index (χ4n) is 5.94. The third kappa shape index (κ3) is 3.25. The third-order valence-electron chi connectivity index (χ3n) is 7.75. The van der Waals surface area contributed by atoms with Gasteiger partial charge in [-0.25, -0.2) is 9.69 Å². The maximum atomic E-state index is 14.1. The monoisotopic (exact) mass is 512 g/mol. The van der Waals surface area contributed by atoms with Gasteiger partial charge in [-0.05, 0) is 36.6 Å². The van der Waals surface area contributed by atoms with E-state index in [1.54, 1.807) is 31.2 Å². The lowest BCUT2D eigenvalue weighted by molar-refractivity contribution is -0.123. The molecule has 3 aromatic rings. The van der Waals surface area contributed by atoms with Crippen LogP contribution in [0.5, 0.6) is 0 Å². The summed E-state index contributed by atoms with van der Waals surface area (Å²) in [7, 11) is 1.28. The Hall–Kier alpha value is -4.04. The SMILES string of the molecule is COC(=O)c1c(N2C(=O)[C@@H]3[C@H](C2=O)[C@H]2c4ccccc4C=CN2[C@@H]3C(=O)c2ccccc2)sc(C)c1C. The summed E-state index contributed by atoms with van der Waals surface area (Å²) < 4.78 is 4.99. The highest BCUT2D eigenvalue weighted by molar-refractivity contribution is 7.17. The average Bonchev–Trinajstić information content (AvgIpc) is 3.51. The number of carbonyl (C=O) groups is 4. The van der Waals surface area contributed by atoms with E-state index in [0.29, 0.717) is 11.1 Å². The molecule has 2 fully saturated rings. The molecule has 6 rings (SSSR count). The Balaban J connectivity index is 1.52. The predicted octanol–water partition coefficient (Wildman–Crippen LogP) is 4.55. The Bertz CT molecular complexity index is 1510. The number of hydrogen-bond acceptors (Lipinski definition) is 7. The molecule has 4 atom stereocenters. The van der Waals surface area contributed by atoms with E-state index in [9.17, 15) is 19.2 Å². The lowest BCUT2D eigenvalue weighted by atomic mass is 9.83. The summed E-state index contributed by atoms with van der Waals surface area (Å²) in [5, 5.41) is 0.267. The molecule has 37 heavy (non-hydrogen) atoms. The molecular weight excluding hydrogens is 488 g/mol. The Morgan fingerprint density at radius 1 is 0.919 bits per heavy atom. The number of nitrogens with zero attached hydrogens (tertiary/aromatic N) is 2. The van der Waals surface area contributed by atoms with Gasteiger partial charge in [0.1, 0.15) is 11.0 Å². The summed E-state index contributed by atoms with van der Waals surface area (Å²) in [4.78, 5) is 58.7. The third-order valence-corrected chi connectivity index (χ3v) is 8.94. The summed E-state index contributed by atoms with van der Waals surface area (Å²) in [6, 6.07) is 15.3. The number of esters is 1. The van der Waals surface area contributed by atoms with Crippen molar-refractivity contribution in [2.75, 3.05) is 12.0 Å². The topological polar surface area (TPSA) is 84.0 Å². The summed E-state index contributed by atoms with van der Waals surface area (Å²) in [5.41, 5.74) is 3.23. The normalized spacial score (nSPS) is 23.6. The zero-order valence-electron chi connectivity index (χ0n) is 20.5. The number of methoxy groups -OCH3 is 1. The molecule has 0 aliphatic carbocycles. The van der Waals surface area contributed by atoms with E-state index < -0.39 is 41.7 Å². The Morgan fingerprint density at radius 3 is 2.32 bits per heavy atom. The molecule has 0 bridgehead atoms. The number of Topliss-reactive ketones (excluding diaryl/α,β-unsaturated/α-hetero) is 1. The molecule has 3 aliphatic rings. The van der Waals surface area contributed by atoms with Gasteiger partial charge in [0.05, 0.1) is 30.6 Å². The maximum absolute atomic E-state index is 14.1. The first-order chi connectivity index (χ1) is 17.8. The van der Waals surface area contributed by atoms with Gasteiger partial charge in [0.25, 0.3) is 0 Å². The van der Waals surface area contributed by atoms with E-state index in [2.05, 4.69) is 0 Å². The second kappa shape index (κ2) is 8.52. The minimum atomic E-state index is -0.894. The lowest BCUT2D eigenvalue weighted by Gasteiger charge is -2.35. The number of fused-ring (bicyclic) bond motifs is 5. The van der Waals surface area contributed by atoms with Crippen LogP contribution >= 0.6 is 11.3 Å². The van der Waals surface area contributed by atoms with E-state index in [0.717, 1.165) is 20.9 Å². The Labute approximate surface area is 218 Å². The van der Waals surface area contributed by atoms with Crippen molar-refractivity contribution in [3.05, 3.63) is 93.5 Å². The van der Waals surface area contributed by atoms with Gasteiger partial charge in [-0.3, -0.25) is 14.4 Å². The van der Waals surface area contributed by atoms with Crippen molar-refractivity contribution in [1.29, 1.82) is 0 Å². The molecule has 4 heterocycles. The number of carbonyl (C=O) groups excluding carboxylic acids is 4. The van der Waals surface area contributed by atoms with Crippen LogP contribution in [0.25, 0.3) is 6.08 Å². The van der Waals surface area contributed by atoms with E-state index in [4.69, 9.17) is 4.74 Å². The van der Waals surface area contributed by atoms with Crippen molar-refractivity contribution in [3.8, 4) is 0 Å². The van der Waals surface area contributed by atoms with E-state index >= 15 is 0 Å². The van der Waals surface area contributed by atoms with Gasteiger partial charge in [0.2, 0.25) is 11.8 Å². The summed E-state index contributed by atoms with van der Waals surface area (Å²) in [5.74, 6) is -3.34. The van der Waals surface area contributed by atoms with Gasteiger partial charge in [0.15, 0.2) is 5.78 Å². The molecule has 0 radical (unpaired) electrons. The molecule has 0 saturated carbocycles. The fraction of sp³-hybridized carbons (Fsp3) is 0.241. The summed E-state index contributed by atoms with van der Waals surface area (Å²) in [6.07, 6.45) is 3.76. The predicted molar refractivity (Wildman–Crippen MR) is 139 cm³/mol. The molecule has 1 aromatic heterocycles. The van der Waals surface area contributed by atoms with Gasteiger partial charge in [-0.15, -0.1) is 11.3 Å². The highest BCUT2D eigenvalue weighted by Gasteiger charge is 2.65. The number of ketones is 1. The number of aryl methyl sites for hydroxylation is 1. The molecule has 2 saturated heterocycles. The van der Waals surface area contributed by atoms with Crippen LogP contribution in [-0.2, 0) is 14.3 Å². The van der Waals surface area contributed by atoms with Crippen LogP contribution in [0.15, 0.2) is 60.8 Å². The number of amides is 2. The van der Waals surface area contributed by atoms with Gasteiger partial charge in [0, 0.05) is 16.6 Å². The Morgan fingerprint density at radius 2 is 1.59 bits per heavy atom. The number of hydrogen-bond donors (Lipinski definition) is 0. The molecule has 0 unspecified atom stereocenters. The molecule has 8 heteroatoms. The van der Waals surface area contributed by atoms with Crippen LogP contribution in [0, 0.1) is 25.7 Å². The number of ether oxygens (including phenoxy) is 1. The van der Waals surface area contributed by atoms with Crippen LogP contribution in [0.4, 0.5) is 5.00 Å². The van der Waals surface area contributed by atoms with Crippen molar-refractivity contribution in [2.45, 2.75) is 25.9 Å². The molecular formula is C29H24N2O5S. The lowest BCUT2D eigenvalue weighted by Crippen LogP contribution is -2.44. The van der Waals surface area contributed by atoms with Crippen molar-refractivity contribution in [1.82, 2.24) is 4.90 Å². The van der Waals surface area contributed by atoms with Crippen LogP contribution in [0.2, 0.25) is 0 Å². The molecule has 3 aliphatic heterocycles. The molecule has 2 amide bonds. The highest BCUT2D eigenvalue weighted by Crippen LogP contribution is 2.54. The first kappa shape index (κ1) is 23.4. The van der Waals surface area contributed by atoms with E-state index in [1.165, 1.54) is 18.4 Å². The standard InChI is InChI=1S/C29H24N2O5S/c1-15-16(2)37-28(20(15)29(35)36-3)31-26(33)21-22(27(31)34)24(25(32)18-10-5-4-6-11-18)30-14-13-17-9-7-8-12-19(17)23(21)30/h4-14,21-24H,1-3H3/t21-,22+,23+,24-/m0/s1. The van der Waals surface area contributed by atoms with Crippen LogP contribution in [0.1, 0.15) is 48.3 Å². The number of benzene rings is 2. The van der Waals surface area contributed by atoms with Crippen LogP contribution in [-0.4, -0.2) is 41.6 Å². The number of anilines is 1. The van der Waals surface area contributed by atoms with Gasteiger partial charge >= 0.3 is 5.97 Å². The fourth-order valence-corrected chi connectivity index (χ4v) is 7.09. The van der Waals surface area contributed by atoms with Gasteiger partial charge in [-0.1, -0.05) is 54.6 Å². The molecule has 2 aromatic carbocycles. The van der Waals surface area contributed by atoms with Crippen LogP contribution < -0.4 is 4.90 Å². The number of imide groups is 1. The highest BCUT2D eigenvalue weighted by atomic mass is 32.1. The quantitative estimate of drug-likeness (QED) is 0.290. The first-order valence-electron chi connectivity index (χ1n) is 12.0. The summed E-state index contributed by atoms with van der Waals surface area (Å²) in [6.45, 7) is 3.62. The van der Waals surface area contributed by atoms with E-state index in [1.807, 2.05) is 54.4 Å². The second-order valence-corrected chi connectivity index (χ2v) is 10.7. The van der Waals surface area contributed by atoms with Crippen molar-refractivity contribution >= 4 is 46.0 Å². The molecule has 0 spiro atoms. The minimum absolute atomic E-state index is 0.211. The summed E-state index contributed by atoms with van der Waals surface area (Å²) >= 11 is 1.22. The van der Waals surface area contributed by atoms with Gasteiger partial charge < -0.3 is 9.64 Å². The minimum Gasteiger partial charge on any atom is -0.465 e. The van der Waals surface area contributed by atoms with Crippen molar-refractivity contribution in [3.63, 3.8) is 0 Å². The molecule has 0 N–H and O–H groups in total. The Kier molecular flexibility index (Phi) is 5.38. The maximum Gasteiger partial charge on any atom is 0.341 e. The second-order valence-electron chi connectivity index (χ2n) is 9.53. The largest absolute Gasteiger partial charge is 0.465 e. The number of thiophene rings is 1. The first-order valence-corrected chi connectivity index (χ1v) is 12.9. The molecule has 7 nitrogen and oxygen atoms in total. The van der Waals surface area contributed by atoms with Crippen molar-refractivity contribution < 1.29 is 23.9 Å². The zero-order valence-corrected chi connectivity index (χ0v) is 21.3. The van der Waals surface area contributed by atoms with Gasteiger partial charge in [-0.2, -0.15) is 0 Å². The smallest absolute Gasteiger partial charge is 0.341 e.